The molecule has 162 valence electrons. The van der Waals surface area contributed by atoms with Crippen molar-refractivity contribution in [3.05, 3.63) is 34.4 Å². The molecule has 30 heavy (non-hydrogen) atoms. The molecule has 7 nitrogen and oxygen atoms in total. The minimum Gasteiger partial charge on any atom is -0.396 e. The number of piperidine rings is 1. The maximum Gasteiger partial charge on any atom is 0.225 e. The number of aliphatic hydroxyl groups excluding tert-OH is 1. The number of hydrogen-bond acceptors (Lipinski definition) is 6. The molecule has 2 aromatic rings. The van der Waals surface area contributed by atoms with Gasteiger partial charge in [0.25, 0.3) is 0 Å². The molecule has 0 radical (unpaired) electrons. The molecule has 7 heteroatoms. The summed E-state index contributed by atoms with van der Waals surface area (Å²) in [6.07, 6.45) is 7.73. The summed E-state index contributed by atoms with van der Waals surface area (Å²) in [7, 11) is 0. The molecule has 0 saturated carbocycles. The van der Waals surface area contributed by atoms with Gasteiger partial charge in [0.15, 0.2) is 0 Å². The second-order valence-corrected chi connectivity index (χ2v) is 9.30. The van der Waals surface area contributed by atoms with Crippen LogP contribution in [0.2, 0.25) is 0 Å². The Hall–Kier alpha value is -1.99. The summed E-state index contributed by atoms with van der Waals surface area (Å²) in [5.74, 6) is 1.20. The molecule has 0 unspecified atom stereocenters. The third-order valence-corrected chi connectivity index (χ3v) is 7.55. The Balaban J connectivity index is 1.38. The molecule has 5 heterocycles. The lowest BCUT2D eigenvalue weighted by molar-refractivity contribution is 0.165. The van der Waals surface area contributed by atoms with Gasteiger partial charge in [-0.15, -0.1) is 0 Å². The first-order chi connectivity index (χ1) is 14.6. The molecule has 2 saturated heterocycles. The average Bonchev–Trinajstić information content (AvgIpc) is 3.21. The number of hydrogen-bond donors (Lipinski definition) is 1. The predicted octanol–water partition coefficient (Wildman–Crippen LogP) is 2.78. The third kappa shape index (κ3) is 3.32. The van der Waals surface area contributed by atoms with E-state index in [2.05, 4.69) is 41.4 Å². The third-order valence-electron chi connectivity index (χ3n) is 7.55. The Morgan fingerprint density at radius 3 is 2.83 bits per heavy atom. The van der Waals surface area contributed by atoms with Gasteiger partial charge in [-0.3, -0.25) is 9.58 Å². The van der Waals surface area contributed by atoms with Gasteiger partial charge in [-0.05, 0) is 52.4 Å². The first-order valence-electron chi connectivity index (χ1n) is 11.6. The van der Waals surface area contributed by atoms with Gasteiger partial charge >= 0.3 is 0 Å². The highest BCUT2D eigenvalue weighted by atomic mass is 16.3. The highest BCUT2D eigenvalue weighted by Gasteiger charge is 2.41. The van der Waals surface area contributed by atoms with Crippen LogP contribution in [0.3, 0.4) is 0 Å². The van der Waals surface area contributed by atoms with Crippen LogP contribution in [0.1, 0.15) is 66.9 Å². The van der Waals surface area contributed by atoms with Gasteiger partial charge in [-0.1, -0.05) is 0 Å². The SMILES string of the molecule is CCn1nc(C)c(CN2[C@H]3CC[C@H]2c2cnc(N4CCC[C@H](CO)C4)nc2C3)c1C. The lowest BCUT2D eigenvalue weighted by Crippen LogP contribution is -2.40. The Kier molecular flexibility index (Phi) is 5.27. The topological polar surface area (TPSA) is 70.3 Å². The molecular weight excluding hydrogens is 376 g/mol. The molecule has 5 rings (SSSR count). The number of fused-ring (bicyclic) bond motifs is 4. The van der Waals surface area contributed by atoms with E-state index in [9.17, 15) is 5.11 Å². The van der Waals surface area contributed by atoms with Crippen molar-refractivity contribution in [2.45, 2.75) is 78.0 Å². The molecule has 3 atom stereocenters. The molecule has 2 aromatic heterocycles. The number of anilines is 1. The van der Waals surface area contributed by atoms with E-state index in [-0.39, 0.29) is 6.61 Å². The van der Waals surface area contributed by atoms with Gasteiger partial charge in [0.05, 0.1) is 11.4 Å². The summed E-state index contributed by atoms with van der Waals surface area (Å²) in [4.78, 5) is 14.8. The van der Waals surface area contributed by atoms with E-state index in [0.717, 1.165) is 57.1 Å². The standard InChI is InChI=1S/C23H34N6O/c1-4-29-16(3)20(15(2)26-29)13-28-18-7-8-22(28)19-11-24-23(25-21(19)10-18)27-9-5-6-17(12-27)14-30/h11,17-18,22,30H,4-10,12-14H2,1-3H3/t17-,18-,22-/m0/s1. The van der Waals surface area contributed by atoms with Crippen molar-refractivity contribution < 1.29 is 5.11 Å². The Bertz CT molecular complexity index is 925. The first kappa shape index (κ1) is 19.9. The Morgan fingerprint density at radius 2 is 2.07 bits per heavy atom. The molecular formula is C23H34N6O. The minimum absolute atomic E-state index is 0.258. The Morgan fingerprint density at radius 1 is 1.20 bits per heavy atom. The second kappa shape index (κ2) is 7.93. The smallest absolute Gasteiger partial charge is 0.225 e. The van der Waals surface area contributed by atoms with Crippen molar-refractivity contribution in [1.29, 1.82) is 0 Å². The van der Waals surface area contributed by atoms with E-state index in [1.165, 1.54) is 35.4 Å². The zero-order chi connectivity index (χ0) is 20.8. The lowest BCUT2D eigenvalue weighted by Gasteiger charge is -2.37. The molecule has 0 amide bonds. The number of aryl methyl sites for hydroxylation is 2. The van der Waals surface area contributed by atoms with Crippen molar-refractivity contribution in [1.82, 2.24) is 24.6 Å². The van der Waals surface area contributed by atoms with Crippen LogP contribution >= 0.6 is 0 Å². The molecule has 0 spiro atoms. The minimum atomic E-state index is 0.258. The largest absolute Gasteiger partial charge is 0.396 e. The van der Waals surface area contributed by atoms with Crippen LogP contribution in [0, 0.1) is 19.8 Å². The van der Waals surface area contributed by atoms with E-state index in [1.807, 2.05) is 0 Å². The molecule has 3 aliphatic rings. The van der Waals surface area contributed by atoms with E-state index in [1.54, 1.807) is 0 Å². The highest BCUT2D eigenvalue weighted by Crippen LogP contribution is 2.44. The fraction of sp³-hybridized carbons (Fsp3) is 0.696. The molecule has 3 aliphatic heterocycles. The summed E-state index contributed by atoms with van der Waals surface area (Å²) in [5.41, 5.74) is 6.41. The maximum absolute atomic E-state index is 9.55. The average molecular weight is 411 g/mol. The summed E-state index contributed by atoms with van der Waals surface area (Å²) < 4.78 is 2.12. The van der Waals surface area contributed by atoms with Crippen LogP contribution in [0.4, 0.5) is 5.95 Å². The summed E-state index contributed by atoms with van der Waals surface area (Å²) in [5, 5.41) is 14.3. The molecule has 0 aromatic carbocycles. The van der Waals surface area contributed by atoms with Crippen LogP contribution in [0.5, 0.6) is 0 Å². The first-order valence-corrected chi connectivity index (χ1v) is 11.6. The van der Waals surface area contributed by atoms with Gasteiger partial charge in [-0.25, -0.2) is 9.97 Å². The Labute approximate surface area is 179 Å². The van der Waals surface area contributed by atoms with Crippen molar-refractivity contribution in [3.8, 4) is 0 Å². The summed E-state index contributed by atoms with van der Waals surface area (Å²) >= 11 is 0. The van der Waals surface area contributed by atoms with E-state index >= 15 is 0 Å². The zero-order valence-electron chi connectivity index (χ0n) is 18.5. The van der Waals surface area contributed by atoms with E-state index in [0.29, 0.717) is 18.0 Å². The van der Waals surface area contributed by atoms with E-state index < -0.39 is 0 Å². The molecule has 1 N–H and O–H groups in total. The lowest BCUT2D eigenvalue weighted by atomic mass is 9.97. The molecule has 0 aliphatic carbocycles. The quantitative estimate of drug-likeness (QED) is 0.817. The van der Waals surface area contributed by atoms with Crippen molar-refractivity contribution in [3.63, 3.8) is 0 Å². The van der Waals surface area contributed by atoms with Gasteiger partial charge in [0.2, 0.25) is 5.95 Å². The summed E-state index contributed by atoms with van der Waals surface area (Å²) in [6, 6.07) is 0.976. The van der Waals surface area contributed by atoms with Gasteiger partial charge in [0, 0.05) is 74.3 Å². The summed E-state index contributed by atoms with van der Waals surface area (Å²) in [6.45, 7) is 10.5. The van der Waals surface area contributed by atoms with Crippen molar-refractivity contribution in [2.24, 2.45) is 5.92 Å². The monoisotopic (exact) mass is 410 g/mol. The number of nitrogens with zero attached hydrogens (tertiary/aromatic N) is 6. The number of aliphatic hydroxyl groups is 1. The van der Waals surface area contributed by atoms with Crippen LogP contribution in [0.15, 0.2) is 6.20 Å². The van der Waals surface area contributed by atoms with Crippen molar-refractivity contribution >= 4 is 5.95 Å². The van der Waals surface area contributed by atoms with Crippen LogP contribution in [0.25, 0.3) is 0 Å². The fourth-order valence-electron chi connectivity index (χ4n) is 5.81. The van der Waals surface area contributed by atoms with Crippen LogP contribution in [-0.4, -0.2) is 55.5 Å². The van der Waals surface area contributed by atoms with Crippen LogP contribution in [-0.2, 0) is 19.5 Å². The van der Waals surface area contributed by atoms with Gasteiger partial charge in [-0.2, -0.15) is 5.10 Å². The molecule has 2 bridgehead atoms. The zero-order valence-corrected chi connectivity index (χ0v) is 18.5. The van der Waals surface area contributed by atoms with E-state index in [4.69, 9.17) is 15.1 Å². The van der Waals surface area contributed by atoms with Crippen molar-refractivity contribution in [2.75, 3.05) is 24.6 Å². The number of aromatic nitrogens is 4. The van der Waals surface area contributed by atoms with Crippen LogP contribution < -0.4 is 4.90 Å². The fourth-order valence-corrected chi connectivity index (χ4v) is 5.81. The molecule has 2 fully saturated rings. The highest BCUT2D eigenvalue weighted by molar-refractivity contribution is 5.38. The van der Waals surface area contributed by atoms with Gasteiger partial charge in [0.1, 0.15) is 0 Å². The predicted molar refractivity (Wildman–Crippen MR) is 116 cm³/mol. The number of rotatable bonds is 5. The normalized spacial score (nSPS) is 26.3. The maximum atomic E-state index is 9.55. The second-order valence-electron chi connectivity index (χ2n) is 9.30. The van der Waals surface area contributed by atoms with Gasteiger partial charge < -0.3 is 10.0 Å².